The number of carbonyl (C=O) groups is 2. The average molecular weight is 474 g/mol. The molecule has 168 valence electrons. The number of aryl methyl sites for hydroxylation is 2. The molecule has 3 rings (SSSR count). The summed E-state index contributed by atoms with van der Waals surface area (Å²) in [5, 5.41) is 3.87. The van der Waals surface area contributed by atoms with Crippen LogP contribution in [0.5, 0.6) is 0 Å². The topological polar surface area (TPSA) is 75.4 Å². The van der Waals surface area contributed by atoms with Crippen LogP contribution < -0.4 is 5.32 Å². The molecule has 0 fully saturated rings. The molecule has 0 saturated carbocycles. The maximum atomic E-state index is 12.8. The SMILES string of the molecule is CCCN(CC(=O)Nc1ccccc1C)C(=O)CCc1ncc(-c2ccc(Cl)cc2Cl)o1. The van der Waals surface area contributed by atoms with E-state index in [0.717, 1.165) is 17.7 Å². The smallest absolute Gasteiger partial charge is 0.244 e. The van der Waals surface area contributed by atoms with E-state index in [1.165, 1.54) is 0 Å². The quantitative estimate of drug-likeness (QED) is 0.428. The number of aromatic nitrogens is 1. The molecule has 1 aromatic heterocycles. The summed E-state index contributed by atoms with van der Waals surface area (Å²) in [6, 6.07) is 12.6. The number of oxazole rings is 1. The van der Waals surface area contributed by atoms with Crippen molar-refractivity contribution in [1.82, 2.24) is 9.88 Å². The van der Waals surface area contributed by atoms with Gasteiger partial charge in [-0.05, 0) is 43.2 Å². The van der Waals surface area contributed by atoms with Crippen molar-refractivity contribution in [3.63, 3.8) is 0 Å². The third-order valence-electron chi connectivity index (χ3n) is 4.90. The fourth-order valence-electron chi connectivity index (χ4n) is 3.25. The van der Waals surface area contributed by atoms with Crippen molar-refractivity contribution in [1.29, 1.82) is 0 Å². The van der Waals surface area contributed by atoms with Gasteiger partial charge in [0.05, 0.1) is 17.8 Å². The predicted molar refractivity (Wildman–Crippen MR) is 127 cm³/mol. The summed E-state index contributed by atoms with van der Waals surface area (Å²) in [6.07, 6.45) is 2.84. The monoisotopic (exact) mass is 473 g/mol. The van der Waals surface area contributed by atoms with E-state index in [-0.39, 0.29) is 24.8 Å². The summed E-state index contributed by atoms with van der Waals surface area (Å²) in [5.41, 5.74) is 2.39. The fraction of sp³-hybridized carbons (Fsp3) is 0.292. The van der Waals surface area contributed by atoms with E-state index in [2.05, 4.69) is 10.3 Å². The first-order chi connectivity index (χ1) is 15.4. The van der Waals surface area contributed by atoms with Crippen LogP contribution in [0.25, 0.3) is 11.3 Å². The zero-order chi connectivity index (χ0) is 23.1. The van der Waals surface area contributed by atoms with Crippen LogP contribution in [-0.4, -0.2) is 34.8 Å². The maximum Gasteiger partial charge on any atom is 0.244 e. The van der Waals surface area contributed by atoms with Crippen molar-refractivity contribution in [2.45, 2.75) is 33.1 Å². The Morgan fingerprint density at radius 1 is 1.16 bits per heavy atom. The summed E-state index contributed by atoms with van der Waals surface area (Å²) < 4.78 is 5.77. The number of hydrogen-bond donors (Lipinski definition) is 1. The minimum atomic E-state index is -0.225. The summed E-state index contributed by atoms with van der Waals surface area (Å²) in [5.74, 6) is 0.588. The molecule has 0 bridgehead atoms. The predicted octanol–water partition coefficient (Wildman–Crippen LogP) is 5.77. The Balaban J connectivity index is 1.58. The Bertz CT molecular complexity index is 1100. The zero-order valence-corrected chi connectivity index (χ0v) is 19.5. The molecule has 32 heavy (non-hydrogen) atoms. The summed E-state index contributed by atoms with van der Waals surface area (Å²) in [6.45, 7) is 4.39. The number of halogens is 2. The molecular formula is C24H25Cl2N3O3. The molecule has 2 amide bonds. The number of rotatable bonds is 9. The largest absolute Gasteiger partial charge is 0.441 e. The highest BCUT2D eigenvalue weighted by Crippen LogP contribution is 2.30. The molecule has 0 saturated heterocycles. The van der Waals surface area contributed by atoms with Crippen molar-refractivity contribution in [2.75, 3.05) is 18.4 Å². The van der Waals surface area contributed by atoms with Crippen LogP contribution in [0.4, 0.5) is 5.69 Å². The van der Waals surface area contributed by atoms with Crippen LogP contribution >= 0.6 is 23.2 Å². The number of amides is 2. The van der Waals surface area contributed by atoms with Gasteiger partial charge in [0.25, 0.3) is 0 Å². The molecule has 3 aromatic rings. The summed E-state index contributed by atoms with van der Waals surface area (Å²) in [4.78, 5) is 31.1. The molecule has 0 unspecified atom stereocenters. The molecule has 8 heteroatoms. The highest BCUT2D eigenvalue weighted by atomic mass is 35.5. The standard InChI is InChI=1S/C24H25Cl2N3O3/c1-3-12-29(15-22(30)28-20-7-5-4-6-16(20)2)24(31)11-10-23-27-14-21(32-23)18-9-8-17(25)13-19(18)26/h4-9,13-14H,3,10-12,15H2,1-2H3,(H,28,30). The third kappa shape index (κ3) is 6.34. The van der Waals surface area contributed by atoms with E-state index >= 15 is 0 Å². The average Bonchev–Trinajstić information content (AvgIpc) is 3.22. The Kier molecular flexibility index (Phi) is 8.31. The number of anilines is 1. The highest BCUT2D eigenvalue weighted by molar-refractivity contribution is 6.36. The van der Waals surface area contributed by atoms with Crippen LogP contribution in [-0.2, 0) is 16.0 Å². The minimum Gasteiger partial charge on any atom is -0.441 e. The van der Waals surface area contributed by atoms with Crippen molar-refractivity contribution in [2.24, 2.45) is 0 Å². The van der Waals surface area contributed by atoms with E-state index in [9.17, 15) is 9.59 Å². The molecular weight excluding hydrogens is 449 g/mol. The van der Waals surface area contributed by atoms with Gasteiger partial charge in [0.15, 0.2) is 11.7 Å². The first-order valence-corrected chi connectivity index (χ1v) is 11.2. The number of benzene rings is 2. The van der Waals surface area contributed by atoms with Crippen molar-refractivity contribution >= 4 is 40.7 Å². The van der Waals surface area contributed by atoms with Gasteiger partial charge in [0, 0.05) is 35.7 Å². The van der Waals surface area contributed by atoms with Crippen LogP contribution in [0, 0.1) is 6.92 Å². The molecule has 0 atom stereocenters. The third-order valence-corrected chi connectivity index (χ3v) is 5.45. The minimum absolute atomic E-state index is 0.00176. The van der Waals surface area contributed by atoms with Gasteiger partial charge in [0.1, 0.15) is 0 Å². The van der Waals surface area contributed by atoms with Gasteiger partial charge in [-0.15, -0.1) is 0 Å². The lowest BCUT2D eigenvalue weighted by Crippen LogP contribution is -2.38. The summed E-state index contributed by atoms with van der Waals surface area (Å²) >= 11 is 12.2. The van der Waals surface area contributed by atoms with E-state index in [1.807, 2.05) is 38.1 Å². The number of nitrogens with zero attached hydrogens (tertiary/aromatic N) is 2. The molecule has 0 radical (unpaired) electrons. The lowest BCUT2D eigenvalue weighted by atomic mass is 10.2. The molecule has 2 aromatic carbocycles. The second-order valence-corrected chi connectivity index (χ2v) is 8.26. The van der Waals surface area contributed by atoms with Crippen LogP contribution in [0.15, 0.2) is 53.1 Å². The van der Waals surface area contributed by atoms with Gasteiger partial charge >= 0.3 is 0 Å². The molecule has 0 aliphatic heterocycles. The fourth-order valence-corrected chi connectivity index (χ4v) is 3.75. The summed E-state index contributed by atoms with van der Waals surface area (Å²) in [7, 11) is 0. The zero-order valence-electron chi connectivity index (χ0n) is 18.0. The van der Waals surface area contributed by atoms with Crippen molar-refractivity contribution < 1.29 is 14.0 Å². The lowest BCUT2D eigenvalue weighted by molar-refractivity contribution is -0.134. The van der Waals surface area contributed by atoms with Gasteiger partial charge < -0.3 is 14.6 Å². The number of carbonyl (C=O) groups excluding carboxylic acids is 2. The van der Waals surface area contributed by atoms with E-state index in [4.69, 9.17) is 27.6 Å². The highest BCUT2D eigenvalue weighted by Gasteiger charge is 2.18. The van der Waals surface area contributed by atoms with E-state index < -0.39 is 0 Å². The lowest BCUT2D eigenvalue weighted by Gasteiger charge is -2.21. The Morgan fingerprint density at radius 3 is 2.66 bits per heavy atom. The van der Waals surface area contributed by atoms with Crippen LogP contribution in [0.2, 0.25) is 10.0 Å². The Hall–Kier alpha value is -2.83. The first kappa shape index (κ1) is 23.8. The Labute approximate surface area is 197 Å². The van der Waals surface area contributed by atoms with Gasteiger partial charge in [-0.3, -0.25) is 9.59 Å². The van der Waals surface area contributed by atoms with E-state index in [0.29, 0.717) is 40.2 Å². The van der Waals surface area contributed by atoms with E-state index in [1.54, 1.807) is 29.3 Å². The van der Waals surface area contributed by atoms with Crippen LogP contribution in [0.1, 0.15) is 31.2 Å². The number of para-hydroxylation sites is 1. The van der Waals surface area contributed by atoms with Gasteiger partial charge in [-0.2, -0.15) is 0 Å². The first-order valence-electron chi connectivity index (χ1n) is 10.4. The maximum absolute atomic E-state index is 12.8. The van der Waals surface area contributed by atoms with Gasteiger partial charge in [-0.25, -0.2) is 4.98 Å². The van der Waals surface area contributed by atoms with Gasteiger partial charge in [-0.1, -0.05) is 48.3 Å². The Morgan fingerprint density at radius 2 is 1.94 bits per heavy atom. The molecule has 1 heterocycles. The second kappa shape index (κ2) is 11.2. The number of hydrogen-bond acceptors (Lipinski definition) is 4. The molecule has 0 spiro atoms. The van der Waals surface area contributed by atoms with Crippen molar-refractivity contribution in [3.8, 4) is 11.3 Å². The molecule has 0 aliphatic carbocycles. The molecule has 0 aliphatic rings. The normalized spacial score (nSPS) is 10.8. The second-order valence-electron chi connectivity index (χ2n) is 7.42. The van der Waals surface area contributed by atoms with Crippen LogP contribution in [0.3, 0.4) is 0 Å². The number of nitrogens with one attached hydrogen (secondary N) is 1. The van der Waals surface area contributed by atoms with Crippen molar-refractivity contribution in [3.05, 3.63) is 70.2 Å². The molecule has 1 N–H and O–H groups in total. The molecule has 6 nitrogen and oxygen atoms in total. The van der Waals surface area contributed by atoms with Gasteiger partial charge in [0.2, 0.25) is 11.8 Å².